The zero-order valence-electron chi connectivity index (χ0n) is 16.6. The molecule has 2 aliphatic heterocycles. The zero-order valence-corrected chi connectivity index (χ0v) is 16.6. The normalized spacial score (nSPS) is 11.2. The summed E-state index contributed by atoms with van der Waals surface area (Å²) < 4.78 is 34.6. The number of benzene rings is 2. The summed E-state index contributed by atoms with van der Waals surface area (Å²) in [4.78, 5) is 19.2. The van der Waals surface area contributed by atoms with Crippen molar-refractivity contribution in [3.8, 4) is 34.0 Å². The molecule has 2 aromatic carbocycles. The molecule has 0 amide bonds. The van der Waals surface area contributed by atoms with Gasteiger partial charge in [-0.1, -0.05) is 35.5 Å². The number of hydrogen-bond donors (Lipinski definition) is 0. The maximum atomic E-state index is 14.1. The van der Waals surface area contributed by atoms with Gasteiger partial charge < -0.3 is 9.32 Å². The zero-order chi connectivity index (χ0) is 22.1. The predicted molar refractivity (Wildman–Crippen MR) is 111 cm³/mol. The first kappa shape index (κ1) is 19.7. The van der Waals surface area contributed by atoms with Gasteiger partial charge in [-0.3, -0.25) is 4.68 Å². The number of nitrogens with zero attached hydrogens (tertiary/aromatic N) is 5. The number of carbonyl (C=O) groups is 1. The fourth-order valence-corrected chi connectivity index (χ4v) is 3.34. The van der Waals surface area contributed by atoms with E-state index in [1.807, 2.05) is 24.3 Å². The fraction of sp³-hybridized carbons (Fsp3) is 0.0870. The van der Waals surface area contributed by atoms with Crippen LogP contribution in [-0.4, -0.2) is 31.2 Å². The van der Waals surface area contributed by atoms with Crippen molar-refractivity contribution in [1.82, 2.24) is 24.9 Å². The van der Waals surface area contributed by atoms with Crippen molar-refractivity contribution in [1.29, 1.82) is 0 Å². The van der Waals surface area contributed by atoms with E-state index in [-0.39, 0.29) is 11.4 Å². The van der Waals surface area contributed by atoms with E-state index >= 15 is 0 Å². The summed E-state index contributed by atoms with van der Waals surface area (Å²) in [5, 5.41) is 8.38. The Hall–Kier alpha value is -4.27. The van der Waals surface area contributed by atoms with Crippen LogP contribution in [0.3, 0.4) is 0 Å². The number of fused-ring (bicyclic) bond motifs is 1. The molecule has 0 N–H and O–H groups in total. The van der Waals surface area contributed by atoms with Gasteiger partial charge in [0.25, 0.3) is 0 Å². The number of halogens is 2. The van der Waals surface area contributed by atoms with Crippen molar-refractivity contribution >= 4 is 6.29 Å². The van der Waals surface area contributed by atoms with Gasteiger partial charge >= 0.3 is 0 Å². The first-order valence-corrected chi connectivity index (χ1v) is 9.74. The molecule has 0 fully saturated rings. The van der Waals surface area contributed by atoms with Crippen LogP contribution >= 0.6 is 0 Å². The second-order valence-corrected chi connectivity index (χ2v) is 7.14. The summed E-state index contributed by atoms with van der Waals surface area (Å²) in [5.74, 6) is -1.28. The monoisotopic (exact) mass is 431 g/mol. The van der Waals surface area contributed by atoms with Crippen LogP contribution in [0.25, 0.3) is 34.0 Å². The number of hydrogen-bond acceptors (Lipinski definition) is 6. The number of aromatic nitrogens is 5. The fourth-order valence-electron chi connectivity index (χ4n) is 3.34. The Labute approximate surface area is 180 Å². The average molecular weight is 431 g/mol. The Morgan fingerprint density at radius 2 is 1.81 bits per heavy atom. The van der Waals surface area contributed by atoms with E-state index in [1.165, 1.54) is 18.3 Å². The molecule has 1 aromatic heterocycles. The molecule has 0 saturated heterocycles. The van der Waals surface area contributed by atoms with E-state index in [4.69, 9.17) is 4.52 Å². The number of imidazole rings is 1. The third-order valence-corrected chi connectivity index (χ3v) is 4.95. The standard InChI is InChI=1S/C23H15F2N5O2/c24-18-3-1-2-17(22(18)25)23-27-20-11-26-30(13-21(20)28-23)12-16-10-19(29-32-16)15-6-4-14(5-7-15)8-9-31/h1-7,9-11,13H,8,12H2. The third-order valence-electron chi connectivity index (χ3n) is 4.95. The largest absolute Gasteiger partial charge is 0.359 e. The van der Waals surface area contributed by atoms with Crippen molar-refractivity contribution in [3.05, 3.63) is 83.9 Å². The highest BCUT2D eigenvalue weighted by Crippen LogP contribution is 2.27. The smallest absolute Gasteiger partial charge is 0.169 e. The lowest BCUT2D eigenvalue weighted by atomic mass is 10.1. The summed E-state index contributed by atoms with van der Waals surface area (Å²) in [5.41, 5.74) is 3.40. The molecule has 5 rings (SSSR count). The van der Waals surface area contributed by atoms with Crippen molar-refractivity contribution in [2.24, 2.45) is 0 Å². The Kier molecular flexibility index (Phi) is 4.98. The van der Waals surface area contributed by atoms with Crippen molar-refractivity contribution < 1.29 is 18.1 Å². The van der Waals surface area contributed by atoms with E-state index in [2.05, 4.69) is 20.2 Å². The van der Waals surface area contributed by atoms with Gasteiger partial charge in [0.1, 0.15) is 29.9 Å². The molecular weight excluding hydrogens is 416 g/mol. The summed E-state index contributed by atoms with van der Waals surface area (Å²) in [6.45, 7) is 0.294. The van der Waals surface area contributed by atoms with E-state index in [0.29, 0.717) is 35.8 Å². The summed E-state index contributed by atoms with van der Waals surface area (Å²) >= 11 is 0. The number of rotatable bonds is 6. The Balaban J connectivity index is 1.38. The molecule has 0 radical (unpaired) electrons. The van der Waals surface area contributed by atoms with E-state index in [9.17, 15) is 13.6 Å². The number of aldehydes is 1. The van der Waals surface area contributed by atoms with Crippen molar-refractivity contribution in [2.45, 2.75) is 13.0 Å². The maximum Gasteiger partial charge on any atom is 0.169 e. The first-order valence-electron chi connectivity index (χ1n) is 9.74. The minimum absolute atomic E-state index is 0.00760. The van der Waals surface area contributed by atoms with Gasteiger partial charge in [0.2, 0.25) is 0 Å². The molecule has 0 atom stereocenters. The molecule has 0 spiro atoms. The van der Waals surface area contributed by atoms with Crippen molar-refractivity contribution in [2.75, 3.05) is 0 Å². The van der Waals surface area contributed by atoms with Crippen LogP contribution in [0.15, 0.2) is 65.4 Å². The highest BCUT2D eigenvalue weighted by atomic mass is 19.2. The first-order chi connectivity index (χ1) is 15.6. The van der Waals surface area contributed by atoms with Gasteiger partial charge in [-0.25, -0.2) is 18.7 Å². The van der Waals surface area contributed by atoms with E-state index in [0.717, 1.165) is 23.5 Å². The second-order valence-electron chi connectivity index (χ2n) is 7.14. The van der Waals surface area contributed by atoms with E-state index in [1.54, 1.807) is 16.9 Å². The Bertz CT molecular complexity index is 1380. The van der Waals surface area contributed by atoms with Crippen LogP contribution in [0.4, 0.5) is 8.78 Å². The van der Waals surface area contributed by atoms with Gasteiger partial charge in [-0.2, -0.15) is 5.10 Å². The second kappa shape index (κ2) is 8.10. The van der Waals surface area contributed by atoms with Gasteiger partial charge in [0.05, 0.1) is 18.0 Å². The highest BCUT2D eigenvalue weighted by molar-refractivity contribution is 5.65. The van der Waals surface area contributed by atoms with Gasteiger partial charge in [0, 0.05) is 18.1 Å². The minimum Gasteiger partial charge on any atom is -0.359 e. The molecule has 9 heteroatoms. The summed E-state index contributed by atoms with van der Waals surface area (Å²) in [6, 6.07) is 13.2. The van der Waals surface area contributed by atoms with Crippen LogP contribution < -0.4 is 0 Å². The molecule has 3 heterocycles. The highest BCUT2D eigenvalue weighted by Gasteiger charge is 2.18. The molecule has 3 aromatic rings. The van der Waals surface area contributed by atoms with Gasteiger partial charge in [-0.05, 0) is 17.7 Å². The molecule has 158 valence electrons. The quantitative estimate of drug-likeness (QED) is 0.375. The lowest BCUT2D eigenvalue weighted by Crippen LogP contribution is -2.04. The average Bonchev–Trinajstić information content (AvgIpc) is 3.43. The van der Waals surface area contributed by atoms with Gasteiger partial charge in [-0.15, -0.1) is 0 Å². The molecule has 7 nitrogen and oxygen atoms in total. The van der Waals surface area contributed by atoms with Crippen molar-refractivity contribution in [3.63, 3.8) is 0 Å². The van der Waals surface area contributed by atoms with Crippen LogP contribution in [0.2, 0.25) is 0 Å². The SMILES string of the molecule is O=CCc1ccc(-c2cc(Cn3cc4nc(-c5cccc(F)c5F)nc-4cn3)on2)cc1. The van der Waals surface area contributed by atoms with E-state index < -0.39 is 11.6 Å². The Morgan fingerprint density at radius 1 is 1.00 bits per heavy atom. The maximum absolute atomic E-state index is 14.1. The molecule has 0 saturated carbocycles. The molecule has 0 aliphatic carbocycles. The van der Waals surface area contributed by atoms with Crippen LogP contribution in [0, 0.1) is 11.6 Å². The molecular formula is C23H15F2N5O2. The van der Waals surface area contributed by atoms with Gasteiger partial charge in [0.15, 0.2) is 23.2 Å². The number of carbonyl (C=O) groups excluding carboxylic acids is 1. The molecule has 32 heavy (non-hydrogen) atoms. The minimum atomic E-state index is -0.989. The predicted octanol–water partition coefficient (Wildman–Crippen LogP) is 4.17. The van der Waals surface area contributed by atoms with Crippen LogP contribution in [0.5, 0.6) is 0 Å². The lowest BCUT2D eigenvalue weighted by Gasteiger charge is -2.03. The molecule has 0 unspecified atom stereocenters. The molecule has 2 aliphatic rings. The Morgan fingerprint density at radius 3 is 2.62 bits per heavy atom. The van der Waals surface area contributed by atoms with Crippen LogP contribution in [0.1, 0.15) is 11.3 Å². The lowest BCUT2D eigenvalue weighted by molar-refractivity contribution is -0.107. The third kappa shape index (κ3) is 3.76. The molecule has 0 bridgehead atoms. The summed E-state index contributed by atoms with van der Waals surface area (Å²) in [6.07, 6.45) is 4.39. The summed E-state index contributed by atoms with van der Waals surface area (Å²) in [7, 11) is 0. The van der Waals surface area contributed by atoms with Crippen LogP contribution in [-0.2, 0) is 17.8 Å². The topological polar surface area (TPSA) is 86.7 Å².